The second-order valence-corrected chi connectivity index (χ2v) is 5.73. The molecule has 2 nitrogen and oxygen atoms in total. The van der Waals surface area contributed by atoms with Crippen LogP contribution in [-0.4, -0.2) is 9.38 Å². The van der Waals surface area contributed by atoms with Crippen LogP contribution in [0.4, 0.5) is 0 Å². The Balaban J connectivity index is 2.15. The fourth-order valence-electron chi connectivity index (χ4n) is 2.93. The van der Waals surface area contributed by atoms with Gasteiger partial charge in [-0.1, -0.05) is 25.3 Å². The van der Waals surface area contributed by atoms with E-state index >= 15 is 0 Å². The Morgan fingerprint density at radius 3 is 2.76 bits per heavy atom. The zero-order valence-corrected chi connectivity index (χ0v) is 11.7. The minimum absolute atomic E-state index is 0.642. The standard InChI is InChI=1S/C14H17BrN2/c1-10-6-5-9-12-13(15)16-14(17(10)12)11-7-3-2-4-8-11/h5-6,9,11H,2-4,7-8H2,1H3. The minimum atomic E-state index is 0.642. The highest BCUT2D eigenvalue weighted by molar-refractivity contribution is 9.10. The second-order valence-electron chi connectivity index (χ2n) is 4.98. The summed E-state index contributed by atoms with van der Waals surface area (Å²) in [5, 5.41) is 0. The van der Waals surface area contributed by atoms with Gasteiger partial charge < -0.3 is 0 Å². The van der Waals surface area contributed by atoms with Gasteiger partial charge in [0.2, 0.25) is 0 Å². The van der Waals surface area contributed by atoms with Gasteiger partial charge in [0.05, 0.1) is 5.52 Å². The first kappa shape index (κ1) is 11.3. The number of halogens is 1. The van der Waals surface area contributed by atoms with E-state index in [2.05, 4.69) is 45.5 Å². The van der Waals surface area contributed by atoms with Crippen LogP contribution in [0.25, 0.3) is 5.52 Å². The van der Waals surface area contributed by atoms with E-state index in [4.69, 9.17) is 4.98 Å². The van der Waals surface area contributed by atoms with Gasteiger partial charge in [-0.05, 0) is 47.8 Å². The zero-order valence-electron chi connectivity index (χ0n) is 10.1. The largest absolute Gasteiger partial charge is 0.300 e. The van der Waals surface area contributed by atoms with Crippen molar-refractivity contribution in [3.05, 3.63) is 34.3 Å². The number of imidazole rings is 1. The van der Waals surface area contributed by atoms with E-state index in [0.29, 0.717) is 5.92 Å². The summed E-state index contributed by atoms with van der Waals surface area (Å²) in [7, 11) is 0. The van der Waals surface area contributed by atoms with E-state index in [-0.39, 0.29) is 0 Å². The highest BCUT2D eigenvalue weighted by Gasteiger charge is 2.21. The first-order valence-electron chi connectivity index (χ1n) is 6.41. The fourth-order valence-corrected chi connectivity index (χ4v) is 3.42. The summed E-state index contributed by atoms with van der Waals surface area (Å²) in [6, 6.07) is 6.39. The van der Waals surface area contributed by atoms with Gasteiger partial charge in [-0.3, -0.25) is 4.40 Å². The van der Waals surface area contributed by atoms with Crippen molar-refractivity contribution in [1.29, 1.82) is 0 Å². The fraction of sp³-hybridized carbons (Fsp3) is 0.500. The summed E-state index contributed by atoms with van der Waals surface area (Å²) in [6.07, 6.45) is 6.67. The Morgan fingerprint density at radius 2 is 2.00 bits per heavy atom. The Kier molecular flexibility index (Phi) is 2.95. The first-order valence-corrected chi connectivity index (χ1v) is 7.20. The SMILES string of the molecule is Cc1cccc2c(Br)nc(C3CCCCC3)n12. The smallest absolute Gasteiger partial charge is 0.132 e. The lowest BCUT2D eigenvalue weighted by molar-refractivity contribution is 0.427. The molecule has 0 unspecified atom stereocenters. The van der Waals surface area contributed by atoms with E-state index in [9.17, 15) is 0 Å². The molecule has 0 saturated heterocycles. The first-order chi connectivity index (χ1) is 8.27. The molecule has 0 amide bonds. The summed E-state index contributed by atoms with van der Waals surface area (Å²) in [5.74, 6) is 1.90. The lowest BCUT2D eigenvalue weighted by Crippen LogP contribution is -2.09. The van der Waals surface area contributed by atoms with Crippen LogP contribution in [0.1, 0.15) is 49.5 Å². The maximum absolute atomic E-state index is 4.75. The third kappa shape index (κ3) is 1.90. The number of aryl methyl sites for hydroxylation is 1. The number of hydrogen-bond acceptors (Lipinski definition) is 1. The maximum Gasteiger partial charge on any atom is 0.132 e. The molecule has 1 aliphatic rings. The van der Waals surface area contributed by atoms with E-state index in [0.717, 1.165) is 4.60 Å². The van der Waals surface area contributed by atoms with Crippen LogP contribution in [0.3, 0.4) is 0 Å². The van der Waals surface area contributed by atoms with E-state index < -0.39 is 0 Å². The molecule has 0 N–H and O–H groups in total. The monoisotopic (exact) mass is 292 g/mol. The maximum atomic E-state index is 4.75. The van der Waals surface area contributed by atoms with Crippen LogP contribution in [0.15, 0.2) is 22.8 Å². The molecule has 0 bridgehead atoms. The number of rotatable bonds is 1. The van der Waals surface area contributed by atoms with Crippen molar-refractivity contribution < 1.29 is 0 Å². The van der Waals surface area contributed by atoms with Crippen LogP contribution >= 0.6 is 15.9 Å². The van der Waals surface area contributed by atoms with Gasteiger partial charge in [0, 0.05) is 11.6 Å². The summed E-state index contributed by atoms with van der Waals surface area (Å²) in [6.45, 7) is 2.16. The summed E-state index contributed by atoms with van der Waals surface area (Å²) < 4.78 is 3.31. The highest BCUT2D eigenvalue weighted by atomic mass is 79.9. The normalized spacial score (nSPS) is 17.8. The van der Waals surface area contributed by atoms with Gasteiger partial charge in [-0.2, -0.15) is 0 Å². The molecule has 0 aliphatic heterocycles. The van der Waals surface area contributed by atoms with Crippen molar-refractivity contribution in [3.63, 3.8) is 0 Å². The highest BCUT2D eigenvalue weighted by Crippen LogP contribution is 2.34. The number of aromatic nitrogens is 2. The predicted octanol–water partition coefficient (Wildman–Crippen LogP) is 4.45. The minimum Gasteiger partial charge on any atom is -0.300 e. The van der Waals surface area contributed by atoms with Crippen LogP contribution in [0.2, 0.25) is 0 Å². The lowest BCUT2D eigenvalue weighted by atomic mass is 9.89. The van der Waals surface area contributed by atoms with E-state index in [1.807, 2.05) is 0 Å². The number of fused-ring (bicyclic) bond motifs is 1. The molecule has 0 radical (unpaired) electrons. The third-order valence-electron chi connectivity index (χ3n) is 3.81. The summed E-state index contributed by atoms with van der Waals surface area (Å²) in [4.78, 5) is 4.75. The molecule has 2 aromatic rings. The molecular weight excluding hydrogens is 276 g/mol. The number of pyridine rings is 1. The molecule has 1 aliphatic carbocycles. The quantitative estimate of drug-likeness (QED) is 0.759. The predicted molar refractivity (Wildman–Crippen MR) is 73.5 cm³/mol. The molecule has 2 aromatic heterocycles. The van der Waals surface area contributed by atoms with Gasteiger partial charge in [0.15, 0.2) is 0 Å². The Bertz CT molecular complexity index is 538. The van der Waals surface area contributed by atoms with Crippen molar-refractivity contribution in [1.82, 2.24) is 9.38 Å². The number of nitrogens with zero attached hydrogens (tertiary/aromatic N) is 2. The van der Waals surface area contributed by atoms with Crippen LogP contribution in [0, 0.1) is 6.92 Å². The van der Waals surface area contributed by atoms with Gasteiger partial charge in [-0.25, -0.2) is 4.98 Å². The van der Waals surface area contributed by atoms with Gasteiger partial charge >= 0.3 is 0 Å². The molecule has 0 aromatic carbocycles. The van der Waals surface area contributed by atoms with Gasteiger partial charge in [-0.15, -0.1) is 0 Å². The number of hydrogen-bond donors (Lipinski definition) is 0. The van der Waals surface area contributed by atoms with Crippen LogP contribution in [-0.2, 0) is 0 Å². The van der Waals surface area contributed by atoms with Gasteiger partial charge in [0.1, 0.15) is 10.4 Å². The molecule has 3 heteroatoms. The topological polar surface area (TPSA) is 17.3 Å². The Morgan fingerprint density at radius 1 is 1.24 bits per heavy atom. The van der Waals surface area contributed by atoms with Crippen molar-refractivity contribution in [3.8, 4) is 0 Å². The van der Waals surface area contributed by atoms with Crippen LogP contribution < -0.4 is 0 Å². The molecule has 0 spiro atoms. The van der Waals surface area contributed by atoms with Crippen molar-refractivity contribution >= 4 is 21.4 Å². The average molecular weight is 293 g/mol. The van der Waals surface area contributed by atoms with E-state index in [1.54, 1.807) is 0 Å². The zero-order chi connectivity index (χ0) is 11.8. The Hall–Kier alpha value is -0.830. The van der Waals surface area contributed by atoms with E-state index in [1.165, 1.54) is 49.1 Å². The molecular formula is C14H17BrN2. The van der Waals surface area contributed by atoms with Crippen molar-refractivity contribution in [2.45, 2.75) is 44.9 Å². The molecule has 2 heterocycles. The molecule has 1 saturated carbocycles. The van der Waals surface area contributed by atoms with Crippen molar-refractivity contribution in [2.24, 2.45) is 0 Å². The van der Waals surface area contributed by atoms with Crippen molar-refractivity contribution in [2.75, 3.05) is 0 Å². The lowest BCUT2D eigenvalue weighted by Gasteiger charge is -2.21. The average Bonchev–Trinajstić information content (AvgIpc) is 2.70. The molecule has 17 heavy (non-hydrogen) atoms. The summed E-state index contributed by atoms with van der Waals surface area (Å²) >= 11 is 3.59. The molecule has 1 fully saturated rings. The van der Waals surface area contributed by atoms with Crippen LogP contribution in [0.5, 0.6) is 0 Å². The molecule has 3 rings (SSSR count). The second kappa shape index (κ2) is 4.45. The summed E-state index contributed by atoms with van der Waals surface area (Å²) in [5.41, 5.74) is 2.48. The third-order valence-corrected chi connectivity index (χ3v) is 4.39. The molecule has 0 atom stereocenters. The Labute approximate surface area is 110 Å². The molecule has 90 valence electrons. The van der Waals surface area contributed by atoms with Gasteiger partial charge in [0.25, 0.3) is 0 Å².